The molecule has 2 nitrogen and oxygen atoms in total. The standard InChI is InChI=1S/C21H21Cl2NO/c1-12(2)25-19-8-4-7-16-14-5-3-6-15(14)20(24-21(16)19)17-10-9-13(22)11-18(17)23/h3-5,7-12,14-15,20,24H,6H2,1-2H3. The van der Waals surface area contributed by atoms with Gasteiger partial charge in [0.2, 0.25) is 0 Å². The number of hydrogen-bond donors (Lipinski definition) is 1. The fraction of sp³-hybridized carbons (Fsp3) is 0.333. The summed E-state index contributed by atoms with van der Waals surface area (Å²) < 4.78 is 6.05. The van der Waals surface area contributed by atoms with E-state index in [1.807, 2.05) is 38.1 Å². The molecule has 2 aliphatic rings. The molecule has 2 aromatic carbocycles. The summed E-state index contributed by atoms with van der Waals surface area (Å²) in [4.78, 5) is 0. The van der Waals surface area contributed by atoms with Crippen LogP contribution in [0.4, 0.5) is 5.69 Å². The third-order valence-corrected chi connectivity index (χ3v) is 5.58. The first-order valence-corrected chi connectivity index (χ1v) is 9.48. The predicted molar refractivity (Wildman–Crippen MR) is 105 cm³/mol. The lowest BCUT2D eigenvalue weighted by Crippen LogP contribution is -2.29. The van der Waals surface area contributed by atoms with E-state index in [0.29, 0.717) is 21.9 Å². The van der Waals surface area contributed by atoms with E-state index in [-0.39, 0.29) is 12.1 Å². The third-order valence-electron chi connectivity index (χ3n) is 5.02. The van der Waals surface area contributed by atoms with E-state index in [2.05, 4.69) is 29.6 Å². The van der Waals surface area contributed by atoms with Crippen molar-refractivity contribution in [2.75, 3.05) is 5.32 Å². The molecule has 0 bridgehead atoms. The van der Waals surface area contributed by atoms with Gasteiger partial charge in [-0.15, -0.1) is 0 Å². The molecule has 0 saturated carbocycles. The molecule has 0 spiro atoms. The summed E-state index contributed by atoms with van der Waals surface area (Å²) in [6.45, 7) is 4.10. The topological polar surface area (TPSA) is 21.3 Å². The first-order chi connectivity index (χ1) is 12.0. The van der Waals surface area contributed by atoms with E-state index in [4.69, 9.17) is 27.9 Å². The van der Waals surface area contributed by atoms with Crippen molar-refractivity contribution >= 4 is 28.9 Å². The van der Waals surface area contributed by atoms with Crippen LogP contribution in [0, 0.1) is 5.92 Å². The van der Waals surface area contributed by atoms with E-state index in [0.717, 1.165) is 23.4 Å². The first kappa shape index (κ1) is 16.8. The minimum Gasteiger partial charge on any atom is -0.489 e. The van der Waals surface area contributed by atoms with Crippen LogP contribution >= 0.6 is 23.2 Å². The normalized spacial score (nSPS) is 24.0. The van der Waals surface area contributed by atoms with Gasteiger partial charge in [-0.2, -0.15) is 0 Å². The Bertz CT molecular complexity index is 831. The van der Waals surface area contributed by atoms with Crippen molar-refractivity contribution < 1.29 is 4.74 Å². The molecule has 25 heavy (non-hydrogen) atoms. The van der Waals surface area contributed by atoms with Gasteiger partial charge in [-0.3, -0.25) is 0 Å². The summed E-state index contributed by atoms with van der Waals surface area (Å²) in [7, 11) is 0. The highest BCUT2D eigenvalue weighted by Crippen LogP contribution is 2.53. The molecule has 4 rings (SSSR count). The van der Waals surface area contributed by atoms with Crippen LogP contribution in [0.3, 0.4) is 0 Å². The Labute approximate surface area is 158 Å². The highest BCUT2D eigenvalue weighted by atomic mass is 35.5. The maximum Gasteiger partial charge on any atom is 0.143 e. The Balaban J connectivity index is 1.80. The molecule has 0 amide bonds. The molecule has 0 saturated heterocycles. The fourth-order valence-corrected chi connectivity index (χ4v) is 4.53. The fourth-order valence-electron chi connectivity index (χ4n) is 4.01. The summed E-state index contributed by atoms with van der Waals surface area (Å²) in [5.41, 5.74) is 3.48. The van der Waals surface area contributed by atoms with Crippen LogP contribution in [-0.4, -0.2) is 6.10 Å². The number of nitrogens with one attached hydrogen (secondary N) is 1. The van der Waals surface area contributed by atoms with E-state index in [1.54, 1.807) is 0 Å². The second-order valence-electron chi connectivity index (χ2n) is 7.03. The average molecular weight is 374 g/mol. The van der Waals surface area contributed by atoms with Gasteiger partial charge in [0.25, 0.3) is 0 Å². The van der Waals surface area contributed by atoms with Crippen molar-refractivity contribution in [1.29, 1.82) is 0 Å². The van der Waals surface area contributed by atoms with Gasteiger partial charge in [-0.25, -0.2) is 0 Å². The molecule has 1 heterocycles. The molecule has 130 valence electrons. The van der Waals surface area contributed by atoms with Crippen molar-refractivity contribution in [3.63, 3.8) is 0 Å². The largest absolute Gasteiger partial charge is 0.489 e. The lowest BCUT2D eigenvalue weighted by molar-refractivity contribution is 0.242. The van der Waals surface area contributed by atoms with E-state index in [1.165, 1.54) is 5.56 Å². The number of hydrogen-bond acceptors (Lipinski definition) is 2. The smallest absolute Gasteiger partial charge is 0.143 e. The zero-order valence-corrected chi connectivity index (χ0v) is 15.8. The van der Waals surface area contributed by atoms with Crippen LogP contribution in [-0.2, 0) is 0 Å². The molecule has 0 radical (unpaired) electrons. The van der Waals surface area contributed by atoms with Crippen molar-refractivity contribution in [2.24, 2.45) is 5.92 Å². The van der Waals surface area contributed by atoms with Gasteiger partial charge in [0.15, 0.2) is 0 Å². The number of ether oxygens (including phenoxy) is 1. The molecule has 1 aliphatic carbocycles. The van der Waals surface area contributed by atoms with Crippen LogP contribution in [0.2, 0.25) is 10.0 Å². The summed E-state index contributed by atoms with van der Waals surface area (Å²) >= 11 is 12.6. The van der Waals surface area contributed by atoms with Crippen LogP contribution in [0.15, 0.2) is 48.6 Å². The Morgan fingerprint density at radius 2 is 1.96 bits per heavy atom. The van der Waals surface area contributed by atoms with E-state index in [9.17, 15) is 0 Å². The van der Waals surface area contributed by atoms with Gasteiger partial charge in [0.05, 0.1) is 17.8 Å². The lowest BCUT2D eigenvalue weighted by Gasteiger charge is -2.38. The Morgan fingerprint density at radius 3 is 2.72 bits per heavy atom. The number of benzene rings is 2. The second kappa shape index (κ2) is 6.59. The number of rotatable bonds is 3. The highest BCUT2D eigenvalue weighted by Gasteiger charge is 2.39. The van der Waals surface area contributed by atoms with Crippen LogP contribution in [0.25, 0.3) is 0 Å². The van der Waals surface area contributed by atoms with Crippen LogP contribution in [0.5, 0.6) is 5.75 Å². The minimum absolute atomic E-state index is 0.128. The molecular formula is C21H21Cl2NO. The van der Waals surface area contributed by atoms with Gasteiger partial charge >= 0.3 is 0 Å². The minimum atomic E-state index is 0.128. The highest BCUT2D eigenvalue weighted by molar-refractivity contribution is 6.35. The molecule has 3 unspecified atom stereocenters. The molecule has 0 aromatic heterocycles. The third kappa shape index (κ3) is 3.02. The average Bonchev–Trinajstić information content (AvgIpc) is 3.04. The first-order valence-electron chi connectivity index (χ1n) is 8.72. The second-order valence-corrected chi connectivity index (χ2v) is 7.87. The maximum atomic E-state index is 6.53. The summed E-state index contributed by atoms with van der Waals surface area (Å²) in [6.07, 6.45) is 5.76. The van der Waals surface area contributed by atoms with Crippen molar-refractivity contribution in [3.8, 4) is 5.75 Å². The number of anilines is 1. The molecular weight excluding hydrogens is 353 g/mol. The van der Waals surface area contributed by atoms with Crippen LogP contribution < -0.4 is 10.1 Å². The maximum absolute atomic E-state index is 6.53. The SMILES string of the molecule is CC(C)Oc1cccc2c1NC(c1ccc(Cl)cc1Cl)C1CC=CC21. The lowest BCUT2D eigenvalue weighted by atomic mass is 9.77. The van der Waals surface area contributed by atoms with E-state index >= 15 is 0 Å². The Morgan fingerprint density at radius 1 is 1.12 bits per heavy atom. The molecule has 4 heteroatoms. The predicted octanol–water partition coefficient (Wildman–Crippen LogP) is 6.61. The van der Waals surface area contributed by atoms with Gasteiger partial charge in [-0.1, -0.05) is 53.6 Å². The summed E-state index contributed by atoms with van der Waals surface area (Å²) in [5.74, 6) is 1.73. The van der Waals surface area contributed by atoms with Gasteiger partial charge < -0.3 is 10.1 Å². The zero-order valence-electron chi connectivity index (χ0n) is 14.3. The molecule has 2 aromatic rings. The van der Waals surface area contributed by atoms with Crippen LogP contribution in [0.1, 0.15) is 43.4 Å². The van der Waals surface area contributed by atoms with Crippen molar-refractivity contribution in [3.05, 3.63) is 69.7 Å². The Kier molecular flexibility index (Phi) is 4.43. The number of fused-ring (bicyclic) bond motifs is 3. The molecule has 1 aliphatic heterocycles. The number of para-hydroxylation sites is 1. The van der Waals surface area contributed by atoms with Gasteiger partial charge in [-0.05, 0) is 55.5 Å². The number of halogens is 2. The Hall–Kier alpha value is -1.64. The summed E-state index contributed by atoms with van der Waals surface area (Å²) in [6, 6.07) is 12.2. The van der Waals surface area contributed by atoms with Crippen molar-refractivity contribution in [1.82, 2.24) is 0 Å². The quantitative estimate of drug-likeness (QED) is 0.611. The zero-order chi connectivity index (χ0) is 17.6. The summed E-state index contributed by atoms with van der Waals surface area (Å²) in [5, 5.41) is 5.10. The van der Waals surface area contributed by atoms with E-state index < -0.39 is 0 Å². The monoisotopic (exact) mass is 373 g/mol. The molecule has 3 atom stereocenters. The van der Waals surface area contributed by atoms with Gasteiger partial charge in [0.1, 0.15) is 5.75 Å². The molecule has 1 N–H and O–H groups in total. The number of allylic oxidation sites excluding steroid dienone is 2. The molecule has 0 fully saturated rings. The van der Waals surface area contributed by atoms with Gasteiger partial charge in [0, 0.05) is 16.0 Å². The van der Waals surface area contributed by atoms with Crippen molar-refractivity contribution in [2.45, 2.75) is 38.3 Å².